The molecule has 1 aromatic rings. The highest BCUT2D eigenvalue weighted by Crippen LogP contribution is 2.08. The molecule has 3 heteroatoms. The van der Waals surface area contributed by atoms with Crippen molar-refractivity contribution in [3.63, 3.8) is 0 Å². The molecule has 0 fully saturated rings. The van der Waals surface area contributed by atoms with Gasteiger partial charge in [0.2, 0.25) is 5.90 Å². The van der Waals surface area contributed by atoms with Gasteiger partial charge in [-0.25, -0.2) is 4.99 Å². The summed E-state index contributed by atoms with van der Waals surface area (Å²) < 4.78 is 5.34. The predicted molar refractivity (Wildman–Crippen MR) is 46.2 cm³/mol. The molecule has 12 heavy (non-hydrogen) atoms. The zero-order chi connectivity index (χ0) is 8.39. The Morgan fingerprint density at radius 3 is 3.00 bits per heavy atom. The second-order valence-electron chi connectivity index (χ2n) is 2.81. The molecule has 0 saturated heterocycles. The van der Waals surface area contributed by atoms with E-state index in [0.717, 1.165) is 5.69 Å². The number of pyridine rings is 1. The van der Waals surface area contributed by atoms with E-state index in [1.54, 1.807) is 6.20 Å². The first-order chi connectivity index (χ1) is 5.86. The van der Waals surface area contributed by atoms with E-state index in [-0.39, 0.29) is 6.04 Å². The molecule has 1 aliphatic heterocycles. The lowest BCUT2D eigenvalue weighted by Gasteiger charge is -1.97. The molecule has 0 aliphatic carbocycles. The molecular weight excluding hydrogens is 152 g/mol. The maximum Gasteiger partial charge on any atom is 0.235 e. The van der Waals surface area contributed by atoms with E-state index in [4.69, 9.17) is 4.74 Å². The Morgan fingerprint density at radius 1 is 1.50 bits per heavy atom. The molecule has 2 rings (SSSR count). The number of ether oxygens (including phenoxy) is 1. The Morgan fingerprint density at radius 2 is 2.42 bits per heavy atom. The van der Waals surface area contributed by atoms with Crippen LogP contribution in [0.2, 0.25) is 0 Å². The van der Waals surface area contributed by atoms with Gasteiger partial charge in [0.15, 0.2) is 0 Å². The summed E-state index contributed by atoms with van der Waals surface area (Å²) in [5.74, 6) is 0.670. The Labute approximate surface area is 71.1 Å². The van der Waals surface area contributed by atoms with Crippen LogP contribution in [0, 0.1) is 0 Å². The molecule has 1 aliphatic rings. The summed E-state index contributed by atoms with van der Waals surface area (Å²) in [5, 5.41) is 0. The van der Waals surface area contributed by atoms with Gasteiger partial charge in [0.25, 0.3) is 0 Å². The minimum Gasteiger partial charge on any atom is -0.474 e. The van der Waals surface area contributed by atoms with E-state index in [9.17, 15) is 0 Å². The summed E-state index contributed by atoms with van der Waals surface area (Å²) in [6, 6.07) is 5.97. The molecule has 62 valence electrons. The monoisotopic (exact) mass is 162 g/mol. The van der Waals surface area contributed by atoms with Gasteiger partial charge >= 0.3 is 0 Å². The van der Waals surface area contributed by atoms with Gasteiger partial charge < -0.3 is 4.74 Å². The van der Waals surface area contributed by atoms with Crippen LogP contribution >= 0.6 is 0 Å². The Balaban J connectivity index is 2.27. The summed E-state index contributed by atoms with van der Waals surface area (Å²) >= 11 is 0. The van der Waals surface area contributed by atoms with E-state index >= 15 is 0 Å². The zero-order valence-corrected chi connectivity index (χ0v) is 6.90. The first kappa shape index (κ1) is 7.28. The van der Waals surface area contributed by atoms with Gasteiger partial charge in [0, 0.05) is 6.20 Å². The molecule has 0 N–H and O–H groups in total. The molecule has 0 amide bonds. The second-order valence-corrected chi connectivity index (χ2v) is 2.81. The maximum atomic E-state index is 5.34. The Hall–Kier alpha value is -1.38. The number of rotatable bonds is 1. The summed E-state index contributed by atoms with van der Waals surface area (Å²) in [6.07, 6.45) is 1.74. The van der Waals surface area contributed by atoms with Crippen molar-refractivity contribution in [1.29, 1.82) is 0 Å². The molecule has 0 spiro atoms. The van der Waals surface area contributed by atoms with Crippen LogP contribution in [-0.4, -0.2) is 23.5 Å². The minimum atomic E-state index is 0.266. The van der Waals surface area contributed by atoms with Crippen molar-refractivity contribution in [2.45, 2.75) is 13.0 Å². The maximum absolute atomic E-state index is 5.34. The number of hydrogen-bond donors (Lipinski definition) is 0. The van der Waals surface area contributed by atoms with Crippen molar-refractivity contribution in [1.82, 2.24) is 4.98 Å². The average Bonchev–Trinajstić information content (AvgIpc) is 2.54. The lowest BCUT2D eigenvalue weighted by molar-refractivity contribution is 0.323. The molecular formula is C9H10N2O. The third kappa shape index (κ3) is 1.30. The van der Waals surface area contributed by atoms with Gasteiger partial charge in [-0.3, -0.25) is 4.98 Å². The lowest BCUT2D eigenvalue weighted by atomic mass is 10.3. The minimum absolute atomic E-state index is 0.266. The number of hydrogen-bond acceptors (Lipinski definition) is 3. The number of aliphatic imine (C=N–C) groups is 1. The standard InChI is InChI=1S/C9H10N2O/c1-7-6-12-9(11-7)8-4-2-3-5-10-8/h2-5,7H,6H2,1H3. The van der Waals surface area contributed by atoms with Crippen LogP contribution in [0.5, 0.6) is 0 Å². The lowest BCUT2D eigenvalue weighted by Crippen LogP contribution is -2.03. The van der Waals surface area contributed by atoms with Gasteiger partial charge in [-0.2, -0.15) is 0 Å². The fourth-order valence-corrected chi connectivity index (χ4v) is 1.10. The van der Waals surface area contributed by atoms with Crippen molar-refractivity contribution >= 4 is 5.90 Å². The van der Waals surface area contributed by atoms with Crippen molar-refractivity contribution in [3.05, 3.63) is 30.1 Å². The van der Waals surface area contributed by atoms with Gasteiger partial charge in [0.1, 0.15) is 12.3 Å². The average molecular weight is 162 g/mol. The molecule has 0 saturated carbocycles. The van der Waals surface area contributed by atoms with Gasteiger partial charge in [-0.05, 0) is 19.1 Å². The summed E-state index contributed by atoms with van der Waals surface area (Å²) in [4.78, 5) is 8.43. The Bertz CT molecular complexity index is 295. The largest absolute Gasteiger partial charge is 0.474 e. The summed E-state index contributed by atoms with van der Waals surface area (Å²) in [6.45, 7) is 2.70. The smallest absolute Gasteiger partial charge is 0.235 e. The van der Waals surface area contributed by atoms with E-state index in [1.807, 2.05) is 25.1 Å². The van der Waals surface area contributed by atoms with E-state index in [0.29, 0.717) is 12.5 Å². The topological polar surface area (TPSA) is 34.5 Å². The third-order valence-electron chi connectivity index (χ3n) is 1.68. The second kappa shape index (κ2) is 2.93. The normalized spacial score (nSPS) is 21.8. The van der Waals surface area contributed by atoms with Crippen LogP contribution in [0.1, 0.15) is 12.6 Å². The summed E-state index contributed by atoms with van der Waals surface area (Å²) in [7, 11) is 0. The molecule has 1 aromatic heterocycles. The van der Waals surface area contributed by atoms with Crippen molar-refractivity contribution in [2.24, 2.45) is 4.99 Å². The van der Waals surface area contributed by atoms with E-state index < -0.39 is 0 Å². The van der Waals surface area contributed by atoms with Crippen LogP contribution in [0.15, 0.2) is 29.4 Å². The van der Waals surface area contributed by atoms with E-state index in [1.165, 1.54) is 0 Å². The predicted octanol–water partition coefficient (Wildman–Crippen LogP) is 1.25. The Kier molecular flexibility index (Phi) is 1.78. The number of aromatic nitrogens is 1. The van der Waals surface area contributed by atoms with Crippen molar-refractivity contribution < 1.29 is 4.74 Å². The number of nitrogens with zero attached hydrogens (tertiary/aromatic N) is 2. The molecule has 2 heterocycles. The molecule has 1 unspecified atom stereocenters. The van der Waals surface area contributed by atoms with Crippen LogP contribution < -0.4 is 0 Å². The van der Waals surface area contributed by atoms with Crippen LogP contribution in [0.25, 0.3) is 0 Å². The fraction of sp³-hybridized carbons (Fsp3) is 0.333. The van der Waals surface area contributed by atoms with Crippen molar-refractivity contribution in [2.75, 3.05) is 6.61 Å². The molecule has 0 bridgehead atoms. The first-order valence-corrected chi connectivity index (χ1v) is 3.98. The first-order valence-electron chi connectivity index (χ1n) is 3.98. The molecule has 1 atom stereocenters. The summed E-state index contributed by atoms with van der Waals surface area (Å²) in [5.41, 5.74) is 0.821. The van der Waals surface area contributed by atoms with Crippen LogP contribution in [0.4, 0.5) is 0 Å². The molecule has 0 aromatic carbocycles. The highest BCUT2D eigenvalue weighted by Gasteiger charge is 2.16. The van der Waals surface area contributed by atoms with Gasteiger partial charge in [0.05, 0.1) is 6.04 Å². The van der Waals surface area contributed by atoms with Gasteiger partial charge in [-0.15, -0.1) is 0 Å². The highest BCUT2D eigenvalue weighted by molar-refractivity contribution is 5.93. The van der Waals surface area contributed by atoms with E-state index in [2.05, 4.69) is 9.98 Å². The van der Waals surface area contributed by atoms with Crippen molar-refractivity contribution in [3.8, 4) is 0 Å². The van der Waals surface area contributed by atoms with Crippen LogP contribution in [-0.2, 0) is 4.74 Å². The van der Waals surface area contributed by atoms with Crippen LogP contribution in [0.3, 0.4) is 0 Å². The van der Waals surface area contributed by atoms with Gasteiger partial charge in [-0.1, -0.05) is 6.07 Å². The molecule has 0 radical (unpaired) electrons. The molecule has 3 nitrogen and oxygen atoms in total. The zero-order valence-electron chi connectivity index (χ0n) is 6.90. The third-order valence-corrected chi connectivity index (χ3v) is 1.68. The SMILES string of the molecule is CC1COC(c2ccccn2)=N1. The fourth-order valence-electron chi connectivity index (χ4n) is 1.10. The quantitative estimate of drug-likeness (QED) is 0.622. The highest BCUT2D eigenvalue weighted by atomic mass is 16.5.